The fourth-order valence-corrected chi connectivity index (χ4v) is 13.6. The number of aliphatic hydroxyl groups is 3. The van der Waals surface area contributed by atoms with Crippen LogP contribution < -0.4 is 19.6 Å². The molecule has 1 aliphatic carbocycles. The van der Waals surface area contributed by atoms with Crippen LogP contribution in [-0.2, 0) is 24.7 Å². The molecule has 0 aliphatic heterocycles. The normalized spacial score (nSPS) is 12.8. The Labute approximate surface area is 569 Å². The first-order chi connectivity index (χ1) is 47.2. The highest BCUT2D eigenvalue weighted by atomic mass is 16.3. The van der Waals surface area contributed by atoms with Gasteiger partial charge >= 0.3 is 0 Å². The zero-order chi connectivity index (χ0) is 65.9. The van der Waals surface area contributed by atoms with Gasteiger partial charge in [-0.1, -0.05) is 200 Å². The van der Waals surface area contributed by atoms with Gasteiger partial charge in [-0.05, 0) is 244 Å². The van der Waals surface area contributed by atoms with Gasteiger partial charge < -0.3 is 34.9 Å². The first-order valence-corrected chi connectivity index (χ1v) is 34.3. The van der Waals surface area contributed by atoms with Crippen molar-refractivity contribution in [1.29, 1.82) is 0 Å². The molecule has 1 unspecified atom stereocenters. The number of para-hydroxylation sites is 4. The molecule has 0 spiro atoms. The van der Waals surface area contributed by atoms with Crippen molar-refractivity contribution in [3.05, 3.63) is 360 Å². The molecule has 0 amide bonds. The minimum Gasteiger partial charge on any atom is -0.396 e. The van der Waals surface area contributed by atoms with Crippen molar-refractivity contribution < 1.29 is 15.3 Å². The molecule has 482 valence electrons. The highest BCUT2D eigenvalue weighted by Gasteiger charge is 2.36. The van der Waals surface area contributed by atoms with E-state index in [4.69, 9.17) is 0 Å². The molecule has 0 heterocycles. The maximum absolute atomic E-state index is 11.1. The molecular formula is C89H88N4O3. The molecule has 0 aromatic heterocycles. The number of anilines is 12. The first kappa shape index (κ1) is 65.8. The molecule has 12 aromatic rings. The summed E-state index contributed by atoms with van der Waals surface area (Å²) in [6, 6.07) is 112. The van der Waals surface area contributed by atoms with E-state index in [1.807, 2.05) is 36.4 Å². The lowest BCUT2D eigenvalue weighted by Gasteiger charge is -2.39. The number of aryl methyl sites for hydroxylation is 5. The molecule has 0 saturated heterocycles. The number of rotatable bonds is 24. The maximum atomic E-state index is 11.1. The van der Waals surface area contributed by atoms with Crippen molar-refractivity contribution in [3.63, 3.8) is 0 Å². The number of benzene rings is 12. The topological polar surface area (TPSA) is 73.6 Å². The van der Waals surface area contributed by atoms with E-state index in [-0.39, 0.29) is 18.6 Å². The molecule has 1 fully saturated rings. The van der Waals surface area contributed by atoms with E-state index in [0.717, 1.165) is 119 Å². The molecule has 1 aliphatic rings. The Morgan fingerprint density at radius 2 is 0.542 bits per heavy atom. The Hall–Kier alpha value is -10.3. The molecule has 0 bridgehead atoms. The summed E-state index contributed by atoms with van der Waals surface area (Å²) in [5.74, 6) is 0. The second kappa shape index (κ2) is 32.2. The molecule has 0 radical (unpaired) electrons. The highest BCUT2D eigenvalue weighted by Crippen LogP contribution is 2.48. The van der Waals surface area contributed by atoms with E-state index in [9.17, 15) is 15.3 Å². The van der Waals surface area contributed by atoms with Crippen LogP contribution in [0.4, 0.5) is 68.2 Å². The van der Waals surface area contributed by atoms with Gasteiger partial charge in [0.25, 0.3) is 0 Å². The third-order valence-electron chi connectivity index (χ3n) is 18.8. The average Bonchev–Trinajstić information content (AvgIpc) is 0.778. The van der Waals surface area contributed by atoms with Gasteiger partial charge in [0.2, 0.25) is 0 Å². The lowest BCUT2D eigenvalue weighted by atomic mass is 9.65. The van der Waals surface area contributed by atoms with Crippen LogP contribution >= 0.6 is 0 Å². The molecule has 3 N–H and O–H groups in total. The van der Waals surface area contributed by atoms with Gasteiger partial charge in [-0.3, -0.25) is 0 Å². The summed E-state index contributed by atoms with van der Waals surface area (Å²) in [7, 11) is 0. The molecular weight excluding hydrogens is 1170 g/mol. The molecule has 96 heavy (non-hydrogen) atoms. The van der Waals surface area contributed by atoms with Crippen LogP contribution in [0.3, 0.4) is 0 Å². The fourth-order valence-electron chi connectivity index (χ4n) is 13.6. The van der Waals surface area contributed by atoms with Crippen LogP contribution in [-0.4, -0.2) is 28.5 Å². The Balaban J connectivity index is 0.000000189. The summed E-state index contributed by atoms with van der Waals surface area (Å²) in [5, 5.41) is 29.7. The van der Waals surface area contributed by atoms with E-state index in [2.05, 4.69) is 312 Å². The van der Waals surface area contributed by atoms with E-state index in [1.165, 1.54) is 58.2 Å². The fraction of sp³-hybridized carbons (Fsp3) is 0.191. The van der Waals surface area contributed by atoms with E-state index in [0.29, 0.717) is 6.42 Å². The molecule has 1 saturated carbocycles. The average molecular weight is 1260 g/mol. The Morgan fingerprint density at radius 3 is 0.833 bits per heavy atom. The lowest BCUT2D eigenvalue weighted by Crippen LogP contribution is -2.30. The van der Waals surface area contributed by atoms with Crippen LogP contribution in [0.5, 0.6) is 0 Å². The van der Waals surface area contributed by atoms with Crippen LogP contribution in [0.1, 0.15) is 102 Å². The molecule has 12 aromatic carbocycles. The van der Waals surface area contributed by atoms with Gasteiger partial charge in [0.05, 0.1) is 6.10 Å². The van der Waals surface area contributed by atoms with Crippen LogP contribution in [0.15, 0.2) is 315 Å². The smallest absolute Gasteiger partial charge is 0.0793 e. The summed E-state index contributed by atoms with van der Waals surface area (Å²) < 4.78 is 0. The monoisotopic (exact) mass is 1260 g/mol. The largest absolute Gasteiger partial charge is 0.396 e. The Bertz CT molecular complexity index is 4040. The zero-order valence-corrected chi connectivity index (χ0v) is 55.4. The molecule has 1 atom stereocenters. The van der Waals surface area contributed by atoms with E-state index in [1.54, 1.807) is 0 Å². The van der Waals surface area contributed by atoms with E-state index >= 15 is 0 Å². The van der Waals surface area contributed by atoms with Gasteiger partial charge in [-0.25, -0.2) is 0 Å². The number of aliphatic hydroxyl groups excluding tert-OH is 3. The van der Waals surface area contributed by atoms with Crippen molar-refractivity contribution >= 4 is 68.2 Å². The van der Waals surface area contributed by atoms with Crippen LogP contribution in [0.25, 0.3) is 0 Å². The predicted molar refractivity (Wildman–Crippen MR) is 402 cm³/mol. The quantitative estimate of drug-likeness (QED) is 0.0557. The van der Waals surface area contributed by atoms with Gasteiger partial charge in [0.15, 0.2) is 0 Å². The van der Waals surface area contributed by atoms with E-state index < -0.39 is 6.10 Å². The summed E-state index contributed by atoms with van der Waals surface area (Å²) >= 11 is 0. The standard InChI is InChI=1S/C50H54N2O2.C39H34N2O/c1-38-10-22-44(23-11-38)51(46-26-14-40(15-27-46)8-6-36-53)48-30-18-42(19-31-48)50(34-4-3-5-35-50)43-20-32-49(33-21-43)52(45-24-12-39(2)13-25-45)47-28-16-41(17-29-47)9-7-37-54;42-39(32-24-28-38(29-25-32)41(35-17-9-3-10-18-35)36-19-11-4-12-20-36)30-23-31-21-26-37(27-22-31)40(33-13-5-1-6-14-33)34-15-7-2-8-16-34/h10-33,53-54H,3-9,34-37H2,1-2H3;1-22,24-29,39,42H,23,30H2. The minimum atomic E-state index is -0.536. The van der Waals surface area contributed by atoms with Crippen molar-refractivity contribution in [1.82, 2.24) is 0 Å². The van der Waals surface area contributed by atoms with Gasteiger partial charge in [-0.15, -0.1) is 0 Å². The predicted octanol–water partition coefficient (Wildman–Crippen LogP) is 22.6. The minimum absolute atomic E-state index is 0.0403. The Kier molecular flexibility index (Phi) is 22.1. The maximum Gasteiger partial charge on any atom is 0.0793 e. The van der Waals surface area contributed by atoms with Gasteiger partial charge in [0, 0.05) is 86.9 Å². The van der Waals surface area contributed by atoms with Crippen molar-refractivity contribution in [2.24, 2.45) is 0 Å². The molecule has 7 nitrogen and oxygen atoms in total. The zero-order valence-electron chi connectivity index (χ0n) is 55.4. The van der Waals surface area contributed by atoms with Gasteiger partial charge in [0.1, 0.15) is 0 Å². The summed E-state index contributed by atoms with van der Waals surface area (Å²) in [6.45, 7) is 4.69. The van der Waals surface area contributed by atoms with Crippen LogP contribution in [0.2, 0.25) is 0 Å². The number of nitrogens with zero attached hydrogens (tertiary/aromatic N) is 4. The highest BCUT2D eigenvalue weighted by molar-refractivity contribution is 5.80. The first-order valence-electron chi connectivity index (χ1n) is 34.3. The number of hydrogen-bond donors (Lipinski definition) is 3. The Morgan fingerprint density at radius 1 is 0.292 bits per heavy atom. The summed E-state index contributed by atoms with van der Waals surface area (Å²) in [5.41, 5.74) is 23.2. The lowest BCUT2D eigenvalue weighted by molar-refractivity contribution is 0.168. The second-order valence-corrected chi connectivity index (χ2v) is 25.4. The third-order valence-corrected chi connectivity index (χ3v) is 18.8. The van der Waals surface area contributed by atoms with Crippen LogP contribution in [0, 0.1) is 13.8 Å². The van der Waals surface area contributed by atoms with Gasteiger partial charge in [-0.2, -0.15) is 0 Å². The van der Waals surface area contributed by atoms with Crippen molar-refractivity contribution in [2.75, 3.05) is 32.8 Å². The summed E-state index contributed by atoms with van der Waals surface area (Å²) in [4.78, 5) is 9.18. The SMILES string of the molecule is Cc1ccc(N(c2ccc(CCCO)cc2)c2ccc(C3(c4ccc(N(c5ccc(C)cc5)c5ccc(CCCO)cc5)cc4)CCCCC3)cc2)cc1.OC(CCc1ccc(N(c2ccccc2)c2ccccc2)cc1)c1ccc(N(c2ccccc2)c2ccccc2)cc1. The van der Waals surface area contributed by atoms with Crippen molar-refractivity contribution in [3.8, 4) is 0 Å². The molecule has 13 rings (SSSR count). The van der Waals surface area contributed by atoms with Crippen molar-refractivity contribution in [2.45, 2.75) is 96.0 Å². The summed E-state index contributed by atoms with van der Waals surface area (Å²) in [6.07, 6.45) is 10.2. The third kappa shape index (κ3) is 16.1. The number of hydrogen-bond acceptors (Lipinski definition) is 7. The second-order valence-electron chi connectivity index (χ2n) is 25.4. The molecule has 7 heteroatoms.